The summed E-state index contributed by atoms with van der Waals surface area (Å²) in [6, 6.07) is 9.82. The van der Waals surface area contributed by atoms with Gasteiger partial charge in [-0.15, -0.1) is 0 Å². The maximum Gasteiger partial charge on any atom is 0.318 e. The third kappa shape index (κ3) is 9.85. The Morgan fingerprint density at radius 2 is 1.93 bits per heavy atom. The number of aromatic nitrogens is 2. The van der Waals surface area contributed by atoms with E-state index in [4.69, 9.17) is 26.3 Å². The van der Waals surface area contributed by atoms with E-state index in [9.17, 15) is 18.8 Å². The molecule has 0 bridgehead atoms. The van der Waals surface area contributed by atoms with Gasteiger partial charge in [0.1, 0.15) is 19.1 Å². The molecule has 0 saturated carbocycles. The van der Waals surface area contributed by atoms with Crippen LogP contribution in [0.2, 0.25) is 5.02 Å². The van der Waals surface area contributed by atoms with Crippen molar-refractivity contribution in [2.45, 2.75) is 84.2 Å². The molecule has 11 heteroatoms. The van der Waals surface area contributed by atoms with Crippen LogP contribution < -0.4 is 9.64 Å². The van der Waals surface area contributed by atoms with Crippen molar-refractivity contribution in [2.75, 3.05) is 50.9 Å². The highest BCUT2D eigenvalue weighted by Crippen LogP contribution is 2.30. The fourth-order valence-corrected chi connectivity index (χ4v) is 6.32. The molecule has 0 spiro atoms. The second kappa shape index (κ2) is 18.6. The van der Waals surface area contributed by atoms with Crippen LogP contribution in [-0.4, -0.2) is 83.8 Å². The van der Waals surface area contributed by atoms with Crippen LogP contribution in [0, 0.1) is 11.3 Å². The van der Waals surface area contributed by atoms with Crippen molar-refractivity contribution in [3.05, 3.63) is 58.5 Å². The number of ether oxygens (including phenoxy) is 1. The van der Waals surface area contributed by atoms with E-state index in [-0.39, 0.29) is 25.0 Å². The Morgan fingerprint density at radius 1 is 1.16 bits per heavy atom. The van der Waals surface area contributed by atoms with Gasteiger partial charge in [0.2, 0.25) is 0 Å². The third-order valence-corrected chi connectivity index (χ3v) is 8.61. The molecule has 2 fully saturated rings. The molecule has 45 heavy (non-hydrogen) atoms. The molecule has 2 atom stereocenters. The minimum atomic E-state index is -1.03. The summed E-state index contributed by atoms with van der Waals surface area (Å²) in [4.78, 5) is 27.8. The van der Waals surface area contributed by atoms with Gasteiger partial charge in [0, 0.05) is 42.8 Å². The molecule has 0 N–H and O–H groups in total. The average Bonchev–Trinajstić information content (AvgIpc) is 3.49. The monoisotopic (exact) mass is 644 g/mol. The van der Waals surface area contributed by atoms with Gasteiger partial charge in [-0.3, -0.25) is 9.69 Å². The molecule has 1 amide bonds. The zero-order chi connectivity index (χ0) is 32.8. The molecule has 2 aromatic rings. The number of hydrogen-bond acceptors (Lipinski definition) is 7. The fraction of sp³-hybridized carbons (Fsp3) is 0.588. The molecule has 0 radical (unpaired) electrons. The van der Waals surface area contributed by atoms with Crippen molar-refractivity contribution < 1.29 is 18.3 Å². The highest BCUT2D eigenvalue weighted by atomic mass is 35.5. The number of anilines is 1. The third-order valence-electron chi connectivity index (χ3n) is 8.25. The number of nitriles is 1. The number of halogens is 3. The Morgan fingerprint density at radius 3 is 2.62 bits per heavy atom. The summed E-state index contributed by atoms with van der Waals surface area (Å²) in [5, 5.41) is 10.2. The van der Waals surface area contributed by atoms with E-state index in [1.54, 1.807) is 0 Å². The van der Waals surface area contributed by atoms with Crippen molar-refractivity contribution in [1.82, 2.24) is 19.8 Å². The second-order valence-electron chi connectivity index (χ2n) is 11.1. The SMILES string of the molecule is C=C(F)C(=O)N1CCN(c2nc(OCC3CCCN3CCF)nc(CCCc3ccccc3Cl)c2CCC)CC1CC#N.CC. The molecular weight excluding hydrogens is 598 g/mol. The number of nitrogens with zero attached hydrogens (tertiary/aromatic N) is 6. The zero-order valence-electron chi connectivity index (χ0n) is 26.9. The number of hydrogen-bond donors (Lipinski definition) is 0. The number of alkyl halides is 1. The van der Waals surface area contributed by atoms with Gasteiger partial charge in [-0.05, 0) is 56.7 Å². The van der Waals surface area contributed by atoms with E-state index >= 15 is 0 Å². The van der Waals surface area contributed by atoms with E-state index in [1.807, 2.05) is 38.1 Å². The first kappa shape index (κ1) is 36.2. The average molecular weight is 645 g/mol. The van der Waals surface area contributed by atoms with Crippen LogP contribution in [-0.2, 0) is 24.1 Å². The summed E-state index contributed by atoms with van der Waals surface area (Å²) in [7, 11) is 0. The van der Waals surface area contributed by atoms with E-state index in [2.05, 4.69) is 29.4 Å². The second-order valence-corrected chi connectivity index (χ2v) is 11.6. The van der Waals surface area contributed by atoms with Gasteiger partial charge in [-0.1, -0.05) is 63.6 Å². The Bertz CT molecular complexity index is 1310. The minimum absolute atomic E-state index is 0.0594. The molecule has 2 aliphatic heterocycles. The number of likely N-dealkylation sites (tertiary alicyclic amines) is 1. The van der Waals surface area contributed by atoms with Crippen LogP contribution in [0.5, 0.6) is 6.01 Å². The molecule has 1 aromatic heterocycles. The molecule has 8 nitrogen and oxygen atoms in total. The number of aryl methyl sites for hydroxylation is 2. The number of carbonyl (C=O) groups is 1. The maximum absolute atomic E-state index is 13.8. The summed E-state index contributed by atoms with van der Waals surface area (Å²) < 4.78 is 33.1. The summed E-state index contributed by atoms with van der Waals surface area (Å²) >= 11 is 6.41. The number of carbonyl (C=O) groups excluding carboxylic acids is 1. The highest BCUT2D eigenvalue weighted by Gasteiger charge is 2.34. The maximum atomic E-state index is 13.8. The van der Waals surface area contributed by atoms with Gasteiger partial charge in [-0.2, -0.15) is 15.2 Å². The minimum Gasteiger partial charge on any atom is -0.462 e. The predicted octanol–water partition coefficient (Wildman–Crippen LogP) is 6.51. The van der Waals surface area contributed by atoms with Crippen molar-refractivity contribution in [3.63, 3.8) is 0 Å². The molecule has 4 rings (SSSR count). The number of amides is 1. The van der Waals surface area contributed by atoms with Crippen molar-refractivity contribution in [1.29, 1.82) is 5.26 Å². The molecule has 0 aliphatic carbocycles. The van der Waals surface area contributed by atoms with Gasteiger partial charge in [0.25, 0.3) is 5.91 Å². The summed E-state index contributed by atoms with van der Waals surface area (Å²) in [6.07, 6.45) is 5.90. The molecule has 1 aromatic carbocycles. The molecule has 246 valence electrons. The Kier molecular flexibility index (Phi) is 15.0. The number of rotatable bonds is 14. The first-order valence-electron chi connectivity index (χ1n) is 16.2. The lowest BCUT2D eigenvalue weighted by Gasteiger charge is -2.41. The summed E-state index contributed by atoms with van der Waals surface area (Å²) in [6.45, 7) is 11.4. The summed E-state index contributed by atoms with van der Waals surface area (Å²) in [5.74, 6) is -1.09. The Hall–Kier alpha value is -3.29. The van der Waals surface area contributed by atoms with Crippen molar-refractivity contribution >= 4 is 23.3 Å². The van der Waals surface area contributed by atoms with E-state index in [1.165, 1.54) is 4.90 Å². The quantitative estimate of drug-likeness (QED) is 0.217. The fourth-order valence-electron chi connectivity index (χ4n) is 6.09. The lowest BCUT2D eigenvalue weighted by molar-refractivity contribution is -0.131. The largest absolute Gasteiger partial charge is 0.462 e. The Labute approximate surface area is 272 Å². The van der Waals surface area contributed by atoms with Crippen LogP contribution in [0.25, 0.3) is 0 Å². The van der Waals surface area contributed by atoms with Crippen molar-refractivity contribution in [2.24, 2.45) is 0 Å². The zero-order valence-corrected chi connectivity index (χ0v) is 27.7. The lowest BCUT2D eigenvalue weighted by atomic mass is 10.0. The van der Waals surface area contributed by atoms with Crippen LogP contribution in [0.15, 0.2) is 36.7 Å². The number of piperazine rings is 1. The van der Waals surface area contributed by atoms with Crippen LogP contribution >= 0.6 is 11.6 Å². The van der Waals surface area contributed by atoms with Gasteiger partial charge in [0.15, 0.2) is 5.83 Å². The smallest absolute Gasteiger partial charge is 0.318 e. The first-order valence-corrected chi connectivity index (χ1v) is 16.6. The number of benzene rings is 1. The van der Waals surface area contributed by atoms with Crippen molar-refractivity contribution in [3.8, 4) is 12.1 Å². The molecule has 3 heterocycles. The lowest BCUT2D eigenvalue weighted by Crippen LogP contribution is -2.55. The standard InChI is InChI=1S/C32H41ClF2N6O2.C2H6/c1-3-8-27-29(13-6-10-24-9-4-5-12-28(24)33)37-32(43-22-26-11-7-17-39(26)18-15-34)38-30(27)40-19-20-41(31(42)23(2)35)25(21-40)14-16-36;1-2/h4-5,9,12,25-26H,2-3,6-8,10-11,13-15,17-22H2,1H3;1-2H3. The van der Waals surface area contributed by atoms with Crippen LogP contribution in [0.4, 0.5) is 14.6 Å². The van der Waals surface area contributed by atoms with Gasteiger partial charge in [0.05, 0.1) is 24.2 Å². The van der Waals surface area contributed by atoms with E-state index < -0.39 is 24.5 Å². The van der Waals surface area contributed by atoms with E-state index in [0.717, 1.165) is 72.7 Å². The Balaban J connectivity index is 0.00000271. The summed E-state index contributed by atoms with van der Waals surface area (Å²) in [5.41, 5.74) is 2.99. The molecule has 2 saturated heterocycles. The van der Waals surface area contributed by atoms with Crippen LogP contribution in [0.1, 0.15) is 69.7 Å². The van der Waals surface area contributed by atoms with E-state index in [0.29, 0.717) is 32.7 Å². The molecule has 2 aliphatic rings. The molecule has 2 unspecified atom stereocenters. The van der Waals surface area contributed by atoms with Gasteiger partial charge in [-0.25, -0.2) is 8.78 Å². The normalized spacial score (nSPS) is 18.2. The highest BCUT2D eigenvalue weighted by molar-refractivity contribution is 6.31. The van der Waals surface area contributed by atoms with Gasteiger partial charge < -0.3 is 14.5 Å². The predicted molar refractivity (Wildman–Crippen MR) is 175 cm³/mol. The van der Waals surface area contributed by atoms with Crippen LogP contribution in [0.3, 0.4) is 0 Å². The topological polar surface area (TPSA) is 85.6 Å². The van der Waals surface area contributed by atoms with Gasteiger partial charge >= 0.3 is 6.01 Å². The first-order chi connectivity index (χ1) is 21.9. The molecular formula is C34H47ClF2N6O2.